The Bertz CT molecular complexity index is 954. The van der Waals surface area contributed by atoms with Crippen LogP contribution in [-0.2, 0) is 5.41 Å². The summed E-state index contributed by atoms with van der Waals surface area (Å²) < 4.78 is 0. The highest BCUT2D eigenvalue weighted by Gasteiger charge is 2.54. The monoisotopic (exact) mass is 370 g/mol. The number of hydrogen-bond donors (Lipinski definition) is 1. The number of nitrogens with two attached hydrogens (primary N) is 1. The lowest BCUT2D eigenvalue weighted by Crippen LogP contribution is -2.43. The summed E-state index contributed by atoms with van der Waals surface area (Å²) in [6, 6.07) is 14.8. The smallest absolute Gasteiger partial charge is 0.191 e. The highest BCUT2D eigenvalue weighted by molar-refractivity contribution is 5.59. The van der Waals surface area contributed by atoms with E-state index in [9.17, 15) is 15.8 Å². The molecule has 1 aromatic carbocycles. The maximum Gasteiger partial charge on any atom is 0.191 e. The van der Waals surface area contributed by atoms with Crippen molar-refractivity contribution in [2.24, 2.45) is 23.0 Å². The number of allylic oxidation sites excluding steroid dienone is 4. The first-order valence-corrected chi connectivity index (χ1v) is 9.73. The molecule has 0 saturated heterocycles. The van der Waals surface area contributed by atoms with Crippen molar-refractivity contribution in [3.8, 4) is 18.2 Å². The topological polar surface area (TPSA) is 97.4 Å². The average molecular weight is 371 g/mol. The third-order valence-corrected chi connectivity index (χ3v) is 6.25. The SMILES string of the molecule is C[C@H]1CC=C2C(C#N)=C(N)C(C#N)(C#N)[C@H](c3ccc(C(C)(C)C)cc3)[C@H]2C1. The zero-order chi connectivity index (χ0) is 20.7. The minimum atomic E-state index is -1.53. The highest BCUT2D eigenvalue weighted by Crippen LogP contribution is 2.56. The molecule has 0 radical (unpaired) electrons. The number of fused-ring (bicyclic) bond motifs is 1. The molecule has 2 N–H and O–H groups in total. The molecule has 0 aromatic heterocycles. The molecule has 4 heteroatoms. The largest absolute Gasteiger partial charge is 0.399 e. The van der Waals surface area contributed by atoms with Crippen LogP contribution in [0.15, 0.2) is 47.2 Å². The van der Waals surface area contributed by atoms with Crippen molar-refractivity contribution < 1.29 is 0 Å². The Morgan fingerprint density at radius 3 is 2.18 bits per heavy atom. The normalized spacial score (nSPS) is 26.3. The van der Waals surface area contributed by atoms with Gasteiger partial charge >= 0.3 is 0 Å². The summed E-state index contributed by atoms with van der Waals surface area (Å²) in [6.45, 7) is 8.63. The minimum absolute atomic E-state index is 0.0178. The zero-order valence-electron chi connectivity index (χ0n) is 17.0. The molecular weight excluding hydrogens is 344 g/mol. The molecule has 3 rings (SSSR count). The van der Waals surface area contributed by atoms with E-state index in [-0.39, 0.29) is 22.9 Å². The molecule has 0 heterocycles. The molecule has 0 aliphatic heterocycles. The van der Waals surface area contributed by atoms with Crippen LogP contribution in [0.4, 0.5) is 0 Å². The van der Waals surface area contributed by atoms with Gasteiger partial charge in [-0.1, -0.05) is 58.0 Å². The molecule has 142 valence electrons. The fourth-order valence-electron chi connectivity index (χ4n) is 4.64. The Labute approximate surface area is 167 Å². The van der Waals surface area contributed by atoms with Gasteiger partial charge in [-0.05, 0) is 46.8 Å². The van der Waals surface area contributed by atoms with Crippen LogP contribution in [0, 0.1) is 51.2 Å². The van der Waals surface area contributed by atoms with Gasteiger partial charge in [0, 0.05) is 5.92 Å². The van der Waals surface area contributed by atoms with Gasteiger partial charge in [0.05, 0.1) is 23.4 Å². The molecule has 0 amide bonds. The van der Waals surface area contributed by atoms with Gasteiger partial charge in [0.25, 0.3) is 0 Å². The molecule has 1 aromatic rings. The third-order valence-electron chi connectivity index (χ3n) is 6.25. The third kappa shape index (κ3) is 2.89. The number of benzene rings is 1. The second kappa shape index (κ2) is 6.85. The Balaban J connectivity index is 2.25. The van der Waals surface area contributed by atoms with E-state index < -0.39 is 5.41 Å². The maximum absolute atomic E-state index is 10.1. The van der Waals surface area contributed by atoms with E-state index in [0.29, 0.717) is 11.5 Å². The van der Waals surface area contributed by atoms with Gasteiger partial charge in [-0.15, -0.1) is 0 Å². The van der Waals surface area contributed by atoms with Crippen molar-refractivity contribution in [1.82, 2.24) is 0 Å². The molecule has 2 aliphatic rings. The van der Waals surface area contributed by atoms with Crippen LogP contribution >= 0.6 is 0 Å². The van der Waals surface area contributed by atoms with E-state index in [1.165, 1.54) is 5.56 Å². The molecule has 0 unspecified atom stereocenters. The lowest BCUT2D eigenvalue weighted by atomic mass is 9.56. The second-order valence-corrected chi connectivity index (χ2v) is 9.12. The van der Waals surface area contributed by atoms with E-state index in [1.54, 1.807) is 0 Å². The maximum atomic E-state index is 10.1. The van der Waals surface area contributed by atoms with Crippen LogP contribution in [0.25, 0.3) is 0 Å². The van der Waals surface area contributed by atoms with Gasteiger partial charge < -0.3 is 5.73 Å². The predicted octanol–water partition coefficient (Wildman–Crippen LogP) is 4.82. The van der Waals surface area contributed by atoms with Crippen LogP contribution in [0.2, 0.25) is 0 Å². The first-order valence-electron chi connectivity index (χ1n) is 9.73. The first-order chi connectivity index (χ1) is 13.2. The van der Waals surface area contributed by atoms with Crippen molar-refractivity contribution in [2.75, 3.05) is 0 Å². The van der Waals surface area contributed by atoms with E-state index in [1.807, 2.05) is 12.1 Å². The summed E-state index contributed by atoms with van der Waals surface area (Å²) in [5.41, 5.74) is 8.27. The van der Waals surface area contributed by atoms with E-state index in [4.69, 9.17) is 5.73 Å². The highest BCUT2D eigenvalue weighted by atomic mass is 14.7. The van der Waals surface area contributed by atoms with Crippen LogP contribution in [0.5, 0.6) is 0 Å². The summed E-state index contributed by atoms with van der Waals surface area (Å²) in [6.07, 6.45) is 3.80. The standard InChI is InChI=1S/C24H26N4/c1-15-5-10-18-19(11-15)21(16-6-8-17(9-7-16)23(2,3)4)24(13-26,14-27)22(28)20(18)12-25/h6-10,15,19,21H,5,11,28H2,1-4H3/t15-,19-,21+/m0/s1. The molecule has 0 saturated carbocycles. The number of nitrogens with zero attached hydrogens (tertiary/aromatic N) is 3. The van der Waals surface area contributed by atoms with Gasteiger partial charge in [-0.3, -0.25) is 0 Å². The second-order valence-electron chi connectivity index (χ2n) is 9.12. The number of hydrogen-bond acceptors (Lipinski definition) is 4. The van der Waals surface area contributed by atoms with E-state index in [0.717, 1.165) is 24.0 Å². The Hall–Kier alpha value is -3.03. The van der Waals surface area contributed by atoms with Crippen molar-refractivity contribution in [3.05, 3.63) is 58.3 Å². The lowest BCUT2D eigenvalue weighted by molar-refractivity contribution is 0.284. The van der Waals surface area contributed by atoms with Crippen molar-refractivity contribution in [1.29, 1.82) is 15.8 Å². The van der Waals surface area contributed by atoms with Gasteiger partial charge in [-0.25, -0.2) is 0 Å². The zero-order valence-corrected chi connectivity index (χ0v) is 17.0. The predicted molar refractivity (Wildman–Crippen MR) is 108 cm³/mol. The fourth-order valence-corrected chi connectivity index (χ4v) is 4.64. The summed E-state index contributed by atoms with van der Waals surface area (Å²) in [7, 11) is 0. The molecule has 3 atom stereocenters. The molecule has 28 heavy (non-hydrogen) atoms. The Morgan fingerprint density at radius 1 is 1.07 bits per heavy atom. The molecule has 4 nitrogen and oxygen atoms in total. The molecule has 0 fully saturated rings. The summed E-state index contributed by atoms with van der Waals surface area (Å²) >= 11 is 0. The molecule has 2 aliphatic carbocycles. The van der Waals surface area contributed by atoms with E-state index >= 15 is 0 Å². The quantitative estimate of drug-likeness (QED) is 0.766. The van der Waals surface area contributed by atoms with Crippen LogP contribution < -0.4 is 5.73 Å². The van der Waals surface area contributed by atoms with Crippen LogP contribution in [-0.4, -0.2) is 0 Å². The van der Waals surface area contributed by atoms with Crippen LogP contribution in [0.1, 0.15) is 57.6 Å². The minimum Gasteiger partial charge on any atom is -0.399 e. The van der Waals surface area contributed by atoms with Gasteiger partial charge in [0.2, 0.25) is 0 Å². The average Bonchev–Trinajstić information content (AvgIpc) is 2.67. The van der Waals surface area contributed by atoms with Crippen molar-refractivity contribution >= 4 is 0 Å². The molecule has 0 bridgehead atoms. The van der Waals surface area contributed by atoms with E-state index in [2.05, 4.69) is 64.1 Å². The Kier molecular flexibility index (Phi) is 4.82. The lowest BCUT2D eigenvalue weighted by Gasteiger charge is -2.44. The van der Waals surface area contributed by atoms with Crippen LogP contribution in [0.3, 0.4) is 0 Å². The fraction of sp³-hybridized carbons (Fsp3) is 0.458. The van der Waals surface area contributed by atoms with Gasteiger partial charge in [0.1, 0.15) is 6.07 Å². The van der Waals surface area contributed by atoms with Crippen molar-refractivity contribution in [2.45, 2.75) is 51.9 Å². The summed E-state index contributed by atoms with van der Waals surface area (Å²) in [4.78, 5) is 0. The van der Waals surface area contributed by atoms with Gasteiger partial charge in [-0.2, -0.15) is 15.8 Å². The molecule has 0 spiro atoms. The number of nitriles is 3. The first kappa shape index (κ1) is 19.7. The summed E-state index contributed by atoms with van der Waals surface area (Å²) in [5, 5.41) is 29.9. The Morgan fingerprint density at radius 2 is 1.68 bits per heavy atom. The molecular formula is C24H26N4. The van der Waals surface area contributed by atoms with Crippen molar-refractivity contribution in [3.63, 3.8) is 0 Å². The summed E-state index contributed by atoms with van der Waals surface area (Å²) in [5.74, 6) is -0.0208. The number of rotatable bonds is 1. The van der Waals surface area contributed by atoms with Gasteiger partial charge in [0.15, 0.2) is 5.41 Å².